The van der Waals surface area contributed by atoms with Crippen molar-refractivity contribution < 1.29 is 13.3 Å². The molecule has 0 spiro atoms. The summed E-state index contributed by atoms with van der Waals surface area (Å²) in [5.41, 5.74) is 19.6. The lowest BCUT2D eigenvalue weighted by Crippen LogP contribution is -2.10. The van der Waals surface area contributed by atoms with Crippen LogP contribution >= 0.6 is 11.3 Å². The number of benzene rings is 13. The van der Waals surface area contributed by atoms with Crippen molar-refractivity contribution in [3.8, 4) is 34.3 Å². The molecule has 0 N–H and O–H groups in total. The fourth-order valence-electron chi connectivity index (χ4n) is 13.6. The molecule has 0 atom stereocenters. The minimum absolute atomic E-state index is 0.585. The molecule has 422 valence electrons. The predicted octanol–water partition coefficient (Wildman–Crippen LogP) is 22.7. The van der Waals surface area contributed by atoms with E-state index in [0.717, 1.165) is 106 Å². The number of furan rings is 1. The zero-order valence-corrected chi connectivity index (χ0v) is 48.8. The highest BCUT2D eigenvalue weighted by atomic mass is 32.1. The van der Waals surface area contributed by atoms with Crippen LogP contribution in [-0.4, -0.2) is 19.1 Å². The van der Waals surface area contributed by atoms with E-state index in [9.17, 15) is 0 Å². The van der Waals surface area contributed by atoms with E-state index in [1.54, 1.807) is 11.3 Å². The molecule has 10 heteroatoms. The number of thiophene rings is 1. The summed E-state index contributed by atoms with van der Waals surface area (Å²) in [7, 11) is 0. The molecular weight excluding hydrogens is 1120 g/mol. The molecule has 0 bridgehead atoms. The number of nitrogens with zero attached hydrogens (tertiary/aromatic N) is 6. The normalized spacial score (nSPS) is 12.0. The minimum Gasteiger partial charge on any atom is -0.456 e. The first-order valence-corrected chi connectivity index (χ1v) is 30.9. The number of para-hydroxylation sites is 8. The Labute approximate surface area is 518 Å². The molecule has 0 saturated heterocycles. The van der Waals surface area contributed by atoms with Crippen molar-refractivity contribution in [2.24, 2.45) is 0 Å². The van der Waals surface area contributed by atoms with Gasteiger partial charge in [-0.3, -0.25) is 0 Å². The molecule has 0 amide bonds. The highest BCUT2D eigenvalue weighted by molar-refractivity contribution is 7.26. The molecule has 0 saturated carbocycles. The van der Waals surface area contributed by atoms with Gasteiger partial charge in [-0.2, -0.15) is 0 Å². The maximum atomic E-state index is 6.95. The van der Waals surface area contributed by atoms with Crippen LogP contribution in [0, 0.1) is 0 Å². The lowest BCUT2D eigenvalue weighted by Gasteiger charge is -2.26. The van der Waals surface area contributed by atoms with Gasteiger partial charge in [0.25, 0.3) is 0 Å². The van der Waals surface area contributed by atoms with Crippen LogP contribution in [0.25, 0.3) is 142 Å². The molecule has 0 aliphatic rings. The van der Waals surface area contributed by atoms with Crippen molar-refractivity contribution in [3.63, 3.8) is 0 Å². The summed E-state index contributed by atoms with van der Waals surface area (Å²) >= 11 is 1.81. The van der Waals surface area contributed by atoms with E-state index in [1.165, 1.54) is 58.4 Å². The van der Waals surface area contributed by atoms with E-state index in [2.05, 4.69) is 262 Å². The molecule has 9 nitrogen and oxygen atoms in total. The second-order valence-corrected chi connectivity index (χ2v) is 24.0. The van der Waals surface area contributed by atoms with Gasteiger partial charge in [-0.25, -0.2) is 9.97 Å². The van der Waals surface area contributed by atoms with E-state index >= 15 is 0 Å². The Kier molecular flexibility index (Phi) is 11.0. The van der Waals surface area contributed by atoms with Gasteiger partial charge in [0.15, 0.2) is 11.2 Å². The third-order valence-corrected chi connectivity index (χ3v) is 18.9. The molecule has 13 aromatic carbocycles. The van der Waals surface area contributed by atoms with Gasteiger partial charge in [-0.1, -0.05) is 103 Å². The van der Waals surface area contributed by atoms with Gasteiger partial charge in [0.05, 0.1) is 22.1 Å². The first kappa shape index (κ1) is 50.2. The zero-order chi connectivity index (χ0) is 59.0. The van der Waals surface area contributed by atoms with Crippen molar-refractivity contribution in [1.29, 1.82) is 0 Å². The molecule has 19 aromatic rings. The molecule has 90 heavy (non-hydrogen) atoms. The maximum Gasteiger partial charge on any atom is 0.227 e. The Bertz CT molecular complexity index is 5500. The molecule has 6 aromatic heterocycles. The van der Waals surface area contributed by atoms with Gasteiger partial charge in [-0.05, 0) is 182 Å². The quantitative estimate of drug-likeness (QED) is 0.135. The molecule has 0 aliphatic heterocycles. The summed E-state index contributed by atoms with van der Waals surface area (Å²) in [4.78, 5) is 14.2. The van der Waals surface area contributed by atoms with Crippen LogP contribution in [0.2, 0.25) is 0 Å². The van der Waals surface area contributed by atoms with Gasteiger partial charge in [0.1, 0.15) is 22.2 Å². The van der Waals surface area contributed by atoms with Crippen molar-refractivity contribution in [2.75, 3.05) is 9.80 Å². The van der Waals surface area contributed by atoms with Crippen molar-refractivity contribution in [3.05, 3.63) is 291 Å². The smallest absolute Gasteiger partial charge is 0.227 e. The van der Waals surface area contributed by atoms with Crippen LogP contribution in [0.5, 0.6) is 0 Å². The summed E-state index contributed by atoms with van der Waals surface area (Å²) in [6, 6.07) is 103. The Morgan fingerprint density at radius 1 is 0.267 bits per heavy atom. The predicted molar refractivity (Wildman–Crippen MR) is 371 cm³/mol. The molecule has 0 aliphatic carbocycles. The van der Waals surface area contributed by atoms with Crippen LogP contribution in [0.4, 0.5) is 34.1 Å². The molecule has 0 fully saturated rings. The lowest BCUT2D eigenvalue weighted by atomic mass is 10.1. The van der Waals surface area contributed by atoms with E-state index in [4.69, 9.17) is 23.2 Å². The van der Waals surface area contributed by atoms with Gasteiger partial charge in [0.2, 0.25) is 11.8 Å². The molecule has 0 unspecified atom stereocenters. The zero-order valence-electron chi connectivity index (χ0n) is 48.0. The average Bonchev–Trinajstić information content (AvgIpc) is 2.63. The third kappa shape index (κ3) is 7.95. The van der Waals surface area contributed by atoms with Gasteiger partial charge in [-0.15, -0.1) is 11.3 Å². The fraction of sp³-hybridized carbons (Fsp3) is 0. The monoisotopic (exact) mass is 1170 g/mol. The Hall–Kier alpha value is -12.0. The lowest BCUT2D eigenvalue weighted by molar-refractivity contribution is 0.619. The number of hydrogen-bond donors (Lipinski definition) is 0. The summed E-state index contributed by atoms with van der Waals surface area (Å²) < 4.78 is 26.5. The van der Waals surface area contributed by atoms with Crippen molar-refractivity contribution in [1.82, 2.24) is 19.1 Å². The van der Waals surface area contributed by atoms with Crippen LogP contribution in [0.1, 0.15) is 0 Å². The van der Waals surface area contributed by atoms with E-state index in [1.807, 2.05) is 48.5 Å². The highest BCUT2D eigenvalue weighted by Gasteiger charge is 2.22. The number of anilines is 6. The Morgan fingerprint density at radius 2 is 0.644 bits per heavy atom. The second-order valence-electron chi connectivity index (χ2n) is 22.9. The number of fused-ring (bicyclic) bond motifs is 14. The highest BCUT2D eigenvalue weighted by Crippen LogP contribution is 2.46. The van der Waals surface area contributed by atoms with Crippen molar-refractivity contribution in [2.45, 2.75) is 0 Å². The largest absolute Gasteiger partial charge is 0.456 e. The van der Waals surface area contributed by atoms with E-state index in [-0.39, 0.29) is 0 Å². The number of aromatic nitrogens is 4. The molecule has 19 rings (SSSR count). The fourth-order valence-corrected chi connectivity index (χ4v) is 14.8. The van der Waals surface area contributed by atoms with E-state index < -0.39 is 0 Å². The first-order valence-electron chi connectivity index (χ1n) is 30.1. The van der Waals surface area contributed by atoms with Crippen LogP contribution < -0.4 is 9.80 Å². The number of oxazole rings is 2. The molecule has 6 heterocycles. The van der Waals surface area contributed by atoms with Gasteiger partial charge < -0.3 is 32.2 Å². The third-order valence-electron chi connectivity index (χ3n) is 17.8. The SMILES string of the molecule is c1ccc2oc(-c3ccc(N(c4ccc(-n5c6ccccc6c6ccccc65)cc4)c4ccc5c(c4)oc4cc6c(cc45)sc4cc(N(c5ccc(-c7nc8ccccc8o7)cc5)c5ccc(-n7c8ccccc8c8ccccc87)cc5)ccc46)cc3)nc2c1. The van der Waals surface area contributed by atoms with Crippen LogP contribution in [0.3, 0.4) is 0 Å². The second kappa shape index (κ2) is 19.8. The number of hydrogen-bond acceptors (Lipinski definition) is 8. The standard InChI is InChI=1S/C80H48N6O3S/c1-7-19-69-59(13-1)60-14-2-8-20-70(60)85(69)55-37-33-53(34-38-55)83(51-29-25-49(26-30-51)79-81-67-17-5-11-23-73(67)88-79)57-41-43-63-65-48-78-66(47-76(65)87-75(63)45-57)64-44-42-58(46-77(64)90-78)84(52-31-27-50(28-32-52)80-82-68-18-6-12-24-74(68)89-80)54-35-39-56(40-36-54)86-71-21-9-3-15-61(71)62-16-4-10-22-72(62)86/h1-48H. The number of rotatable bonds is 10. The van der Waals surface area contributed by atoms with Gasteiger partial charge >= 0.3 is 0 Å². The summed E-state index contributed by atoms with van der Waals surface area (Å²) in [5, 5.41) is 9.39. The average molecular weight is 1170 g/mol. The minimum atomic E-state index is 0.585. The van der Waals surface area contributed by atoms with Gasteiger partial charge in [0, 0.05) is 115 Å². The van der Waals surface area contributed by atoms with Crippen LogP contribution in [-0.2, 0) is 0 Å². The van der Waals surface area contributed by atoms with Crippen molar-refractivity contribution >= 4 is 153 Å². The molecular formula is C80H48N6O3S. The summed E-state index contributed by atoms with van der Waals surface area (Å²) in [5.74, 6) is 1.18. The summed E-state index contributed by atoms with van der Waals surface area (Å²) in [6.07, 6.45) is 0. The van der Waals surface area contributed by atoms with E-state index in [0.29, 0.717) is 11.8 Å². The topological polar surface area (TPSA) is 81.5 Å². The van der Waals surface area contributed by atoms with Crippen LogP contribution in [0.15, 0.2) is 304 Å². The first-order chi connectivity index (χ1) is 44.6. The maximum absolute atomic E-state index is 6.95. The summed E-state index contributed by atoms with van der Waals surface area (Å²) in [6.45, 7) is 0. The molecule has 0 radical (unpaired) electrons. The Morgan fingerprint density at radius 3 is 1.11 bits per heavy atom. The Balaban J connectivity index is 0.695.